The Hall–Kier alpha value is -2.07. The van der Waals surface area contributed by atoms with E-state index < -0.39 is 0 Å². The van der Waals surface area contributed by atoms with Gasteiger partial charge in [0.1, 0.15) is 5.69 Å². The van der Waals surface area contributed by atoms with Crippen molar-refractivity contribution in [3.05, 3.63) is 58.9 Å². The summed E-state index contributed by atoms with van der Waals surface area (Å²) < 4.78 is 0. The Morgan fingerprint density at radius 2 is 2.04 bits per heavy atom. The first kappa shape index (κ1) is 15.8. The molecule has 2 heterocycles. The third-order valence-electron chi connectivity index (χ3n) is 4.00. The molecule has 4 nitrogen and oxygen atoms in total. The largest absolute Gasteiger partial charge is 0.385 e. The minimum Gasteiger partial charge on any atom is -0.385 e. The second-order valence-electron chi connectivity index (χ2n) is 5.74. The Balaban J connectivity index is 1.58. The quantitative estimate of drug-likeness (QED) is 0.911. The molecule has 2 aromatic rings. The van der Waals surface area contributed by atoms with E-state index in [-0.39, 0.29) is 5.91 Å². The number of likely N-dealkylation sites (tertiary alicyclic amines) is 1. The van der Waals surface area contributed by atoms with Gasteiger partial charge < -0.3 is 10.2 Å². The normalized spacial score (nSPS) is 14.0. The molecule has 3 rings (SSSR count). The maximum absolute atomic E-state index is 12.4. The SMILES string of the molecule is O=C(c1cc(NCCc2cccc(Cl)c2)ccn1)N1CCCC1. The first-order valence-electron chi connectivity index (χ1n) is 7.96. The number of carbonyl (C=O) groups is 1. The monoisotopic (exact) mass is 329 g/mol. The van der Waals surface area contributed by atoms with Crippen LogP contribution in [0, 0.1) is 0 Å². The predicted molar refractivity (Wildman–Crippen MR) is 93.0 cm³/mol. The molecule has 1 amide bonds. The molecule has 120 valence electrons. The number of anilines is 1. The van der Waals surface area contributed by atoms with Gasteiger partial charge in [0, 0.05) is 36.5 Å². The molecule has 1 aliphatic heterocycles. The maximum atomic E-state index is 12.4. The van der Waals surface area contributed by atoms with E-state index in [0.29, 0.717) is 5.69 Å². The summed E-state index contributed by atoms with van der Waals surface area (Å²) in [6, 6.07) is 11.6. The van der Waals surface area contributed by atoms with E-state index in [9.17, 15) is 4.79 Å². The highest BCUT2D eigenvalue weighted by Crippen LogP contribution is 2.15. The number of halogens is 1. The lowest BCUT2D eigenvalue weighted by molar-refractivity contribution is 0.0787. The van der Waals surface area contributed by atoms with Gasteiger partial charge in [-0.3, -0.25) is 9.78 Å². The van der Waals surface area contributed by atoms with Gasteiger partial charge in [-0.2, -0.15) is 0 Å². The molecule has 5 heteroatoms. The van der Waals surface area contributed by atoms with E-state index in [1.165, 1.54) is 5.56 Å². The Morgan fingerprint density at radius 3 is 2.83 bits per heavy atom. The second kappa shape index (κ2) is 7.47. The van der Waals surface area contributed by atoms with Gasteiger partial charge in [0.2, 0.25) is 0 Å². The number of carbonyl (C=O) groups excluding carboxylic acids is 1. The molecule has 1 aliphatic rings. The number of nitrogens with one attached hydrogen (secondary N) is 1. The van der Waals surface area contributed by atoms with Crippen molar-refractivity contribution in [2.24, 2.45) is 0 Å². The standard InChI is InChI=1S/C18H20ClN3O/c19-15-5-3-4-14(12-15)6-8-20-16-7-9-21-17(13-16)18(23)22-10-1-2-11-22/h3-5,7,9,12-13H,1-2,6,8,10-11H2,(H,20,21). The first-order valence-corrected chi connectivity index (χ1v) is 8.34. The molecule has 0 atom stereocenters. The van der Waals surface area contributed by atoms with Crippen LogP contribution in [0.5, 0.6) is 0 Å². The van der Waals surface area contributed by atoms with E-state index >= 15 is 0 Å². The van der Waals surface area contributed by atoms with Gasteiger partial charge in [-0.25, -0.2) is 0 Å². The fourth-order valence-electron chi connectivity index (χ4n) is 2.78. The average Bonchev–Trinajstić information content (AvgIpc) is 3.09. The molecule has 0 saturated carbocycles. The molecule has 1 fully saturated rings. The van der Waals surface area contributed by atoms with Crippen LogP contribution < -0.4 is 5.32 Å². The van der Waals surface area contributed by atoms with Gasteiger partial charge in [-0.1, -0.05) is 23.7 Å². The van der Waals surface area contributed by atoms with Crippen molar-refractivity contribution < 1.29 is 4.79 Å². The van der Waals surface area contributed by atoms with E-state index in [0.717, 1.165) is 49.6 Å². The van der Waals surface area contributed by atoms with Crippen molar-refractivity contribution in [1.29, 1.82) is 0 Å². The Labute approximate surface area is 141 Å². The minimum atomic E-state index is 0.0287. The molecule has 1 N–H and O–H groups in total. The van der Waals surface area contributed by atoms with Gasteiger partial charge in [0.25, 0.3) is 5.91 Å². The smallest absolute Gasteiger partial charge is 0.272 e. The van der Waals surface area contributed by atoms with Crippen LogP contribution >= 0.6 is 11.6 Å². The summed E-state index contributed by atoms with van der Waals surface area (Å²) in [5.74, 6) is 0.0287. The van der Waals surface area contributed by atoms with Crippen LogP contribution in [-0.2, 0) is 6.42 Å². The zero-order valence-electron chi connectivity index (χ0n) is 13.0. The van der Waals surface area contributed by atoms with Crippen LogP contribution in [0.15, 0.2) is 42.6 Å². The van der Waals surface area contributed by atoms with E-state index in [1.807, 2.05) is 35.2 Å². The first-order chi connectivity index (χ1) is 11.2. The zero-order chi connectivity index (χ0) is 16.1. The van der Waals surface area contributed by atoms with Crippen molar-refractivity contribution in [3.63, 3.8) is 0 Å². The number of hydrogen-bond acceptors (Lipinski definition) is 3. The Bertz CT molecular complexity index is 683. The summed E-state index contributed by atoms with van der Waals surface area (Å²) in [6.07, 6.45) is 4.73. The van der Waals surface area contributed by atoms with Crippen molar-refractivity contribution >= 4 is 23.2 Å². The summed E-state index contributed by atoms with van der Waals surface area (Å²) >= 11 is 5.99. The second-order valence-corrected chi connectivity index (χ2v) is 6.17. The van der Waals surface area contributed by atoms with Crippen LogP contribution in [-0.4, -0.2) is 35.4 Å². The van der Waals surface area contributed by atoms with Crippen molar-refractivity contribution in [2.75, 3.05) is 25.0 Å². The lowest BCUT2D eigenvalue weighted by atomic mass is 10.1. The van der Waals surface area contributed by atoms with Crippen LogP contribution in [0.2, 0.25) is 5.02 Å². The van der Waals surface area contributed by atoms with Crippen molar-refractivity contribution in [2.45, 2.75) is 19.3 Å². The number of amides is 1. The fourth-order valence-corrected chi connectivity index (χ4v) is 3.00. The summed E-state index contributed by atoms with van der Waals surface area (Å²) in [5.41, 5.74) is 2.62. The zero-order valence-corrected chi connectivity index (χ0v) is 13.7. The Kier molecular flexibility index (Phi) is 5.13. The van der Waals surface area contributed by atoms with E-state index in [2.05, 4.69) is 16.4 Å². The fraction of sp³-hybridized carbons (Fsp3) is 0.333. The van der Waals surface area contributed by atoms with Gasteiger partial charge in [-0.05, 0) is 49.1 Å². The topological polar surface area (TPSA) is 45.2 Å². The highest BCUT2D eigenvalue weighted by molar-refractivity contribution is 6.30. The van der Waals surface area contributed by atoms with E-state index in [4.69, 9.17) is 11.6 Å². The molecule has 0 bridgehead atoms. The molecule has 1 aromatic heterocycles. The summed E-state index contributed by atoms with van der Waals surface area (Å²) in [7, 11) is 0. The Morgan fingerprint density at radius 1 is 1.22 bits per heavy atom. The van der Waals surface area contributed by atoms with Gasteiger partial charge in [0.15, 0.2) is 0 Å². The molecular formula is C18H20ClN3O. The summed E-state index contributed by atoms with van der Waals surface area (Å²) in [5, 5.41) is 4.10. The third kappa shape index (κ3) is 4.23. The van der Waals surface area contributed by atoms with Gasteiger partial charge in [-0.15, -0.1) is 0 Å². The van der Waals surface area contributed by atoms with Crippen LogP contribution in [0.3, 0.4) is 0 Å². The van der Waals surface area contributed by atoms with Gasteiger partial charge in [0.05, 0.1) is 0 Å². The van der Waals surface area contributed by atoms with Crippen molar-refractivity contribution in [3.8, 4) is 0 Å². The van der Waals surface area contributed by atoms with Crippen LogP contribution in [0.25, 0.3) is 0 Å². The number of aromatic nitrogens is 1. The number of nitrogens with zero attached hydrogens (tertiary/aromatic N) is 2. The van der Waals surface area contributed by atoms with Crippen LogP contribution in [0.4, 0.5) is 5.69 Å². The minimum absolute atomic E-state index is 0.0287. The molecule has 0 radical (unpaired) electrons. The average molecular weight is 330 g/mol. The molecule has 23 heavy (non-hydrogen) atoms. The van der Waals surface area contributed by atoms with Gasteiger partial charge >= 0.3 is 0 Å². The molecule has 1 saturated heterocycles. The van der Waals surface area contributed by atoms with E-state index in [1.54, 1.807) is 6.20 Å². The van der Waals surface area contributed by atoms with Crippen LogP contribution in [0.1, 0.15) is 28.9 Å². The van der Waals surface area contributed by atoms with Crippen molar-refractivity contribution in [1.82, 2.24) is 9.88 Å². The number of benzene rings is 1. The highest BCUT2D eigenvalue weighted by Gasteiger charge is 2.20. The molecule has 0 unspecified atom stereocenters. The molecule has 0 aliphatic carbocycles. The lowest BCUT2D eigenvalue weighted by Gasteiger charge is -2.15. The summed E-state index contributed by atoms with van der Waals surface area (Å²) in [6.45, 7) is 2.46. The number of pyridine rings is 1. The number of rotatable bonds is 5. The highest BCUT2D eigenvalue weighted by atomic mass is 35.5. The third-order valence-corrected chi connectivity index (χ3v) is 4.24. The summed E-state index contributed by atoms with van der Waals surface area (Å²) in [4.78, 5) is 18.4. The predicted octanol–water partition coefficient (Wildman–Crippen LogP) is 3.63. The lowest BCUT2D eigenvalue weighted by Crippen LogP contribution is -2.28. The molecular weight excluding hydrogens is 310 g/mol. The maximum Gasteiger partial charge on any atom is 0.272 e. The number of hydrogen-bond donors (Lipinski definition) is 1. The molecule has 0 spiro atoms. The molecule has 1 aromatic carbocycles.